The number of fused-ring (bicyclic) bond motifs is 1. The molecule has 0 radical (unpaired) electrons. The third kappa shape index (κ3) is 3.00. The van der Waals surface area contributed by atoms with Gasteiger partial charge in [-0.15, -0.1) is 0 Å². The minimum atomic E-state index is -0.303. The molecule has 3 aromatic rings. The van der Waals surface area contributed by atoms with Crippen LogP contribution in [-0.2, 0) is 4.74 Å². The Labute approximate surface area is 139 Å². The van der Waals surface area contributed by atoms with E-state index in [-0.39, 0.29) is 5.82 Å². The Morgan fingerprint density at radius 2 is 1.79 bits per heavy atom. The van der Waals surface area contributed by atoms with Gasteiger partial charge in [0.25, 0.3) is 0 Å². The van der Waals surface area contributed by atoms with Gasteiger partial charge in [-0.25, -0.2) is 14.4 Å². The highest BCUT2D eigenvalue weighted by atomic mass is 19.1. The molecule has 122 valence electrons. The first-order valence-corrected chi connectivity index (χ1v) is 7.90. The molecule has 6 heteroatoms. The topological polar surface area (TPSA) is 50.3 Å². The van der Waals surface area contributed by atoms with Crippen molar-refractivity contribution >= 4 is 28.1 Å². The summed E-state index contributed by atoms with van der Waals surface area (Å²) in [6, 6.07) is 12.6. The van der Waals surface area contributed by atoms with E-state index in [0.29, 0.717) is 16.7 Å². The maximum absolute atomic E-state index is 13.5. The largest absolute Gasteiger partial charge is 0.378 e. The lowest BCUT2D eigenvalue weighted by atomic mass is 10.2. The van der Waals surface area contributed by atoms with Crippen molar-refractivity contribution in [2.45, 2.75) is 0 Å². The lowest BCUT2D eigenvalue weighted by Crippen LogP contribution is -2.36. The molecule has 24 heavy (non-hydrogen) atoms. The van der Waals surface area contributed by atoms with Gasteiger partial charge in [-0.05, 0) is 42.5 Å². The van der Waals surface area contributed by atoms with E-state index in [2.05, 4.69) is 32.3 Å². The molecule has 1 aromatic heterocycles. The van der Waals surface area contributed by atoms with Crippen molar-refractivity contribution < 1.29 is 9.13 Å². The van der Waals surface area contributed by atoms with Crippen LogP contribution in [-0.4, -0.2) is 36.3 Å². The summed E-state index contributed by atoms with van der Waals surface area (Å²) in [6.45, 7) is 3.34. The zero-order valence-electron chi connectivity index (χ0n) is 13.1. The Balaban J connectivity index is 1.58. The zero-order chi connectivity index (χ0) is 16.4. The van der Waals surface area contributed by atoms with Crippen molar-refractivity contribution in [2.75, 3.05) is 36.5 Å². The van der Waals surface area contributed by atoms with Gasteiger partial charge in [0.1, 0.15) is 18.0 Å². The molecule has 4 rings (SSSR count). The number of nitrogens with one attached hydrogen (secondary N) is 1. The molecule has 1 aliphatic rings. The van der Waals surface area contributed by atoms with E-state index in [9.17, 15) is 4.39 Å². The molecule has 0 spiro atoms. The highest BCUT2D eigenvalue weighted by Gasteiger charge is 2.11. The lowest BCUT2D eigenvalue weighted by Gasteiger charge is -2.28. The minimum Gasteiger partial charge on any atom is -0.378 e. The normalized spacial score (nSPS) is 14.8. The van der Waals surface area contributed by atoms with Crippen LogP contribution in [0.15, 0.2) is 48.8 Å². The molecule has 1 saturated heterocycles. The quantitative estimate of drug-likeness (QED) is 0.801. The van der Waals surface area contributed by atoms with Gasteiger partial charge in [0.2, 0.25) is 0 Å². The van der Waals surface area contributed by atoms with Crippen molar-refractivity contribution in [1.29, 1.82) is 0 Å². The molecule has 2 aromatic carbocycles. The number of halogens is 1. The molecule has 1 N–H and O–H groups in total. The van der Waals surface area contributed by atoms with Gasteiger partial charge in [-0.2, -0.15) is 0 Å². The van der Waals surface area contributed by atoms with Crippen LogP contribution in [0.3, 0.4) is 0 Å². The molecule has 0 atom stereocenters. The molecule has 0 aliphatic carbocycles. The van der Waals surface area contributed by atoms with Crippen LogP contribution in [0, 0.1) is 5.82 Å². The second-order valence-electron chi connectivity index (χ2n) is 5.66. The van der Waals surface area contributed by atoms with Crippen LogP contribution >= 0.6 is 0 Å². The molecule has 0 saturated carbocycles. The first kappa shape index (κ1) is 14.8. The second-order valence-corrected chi connectivity index (χ2v) is 5.66. The van der Waals surface area contributed by atoms with Gasteiger partial charge in [-0.1, -0.05) is 0 Å². The van der Waals surface area contributed by atoms with Crippen molar-refractivity contribution in [2.24, 2.45) is 0 Å². The SMILES string of the molecule is Fc1ccc2ncnc(Nc3ccc(N4CCOCC4)cc3)c2c1. The van der Waals surface area contributed by atoms with Crippen molar-refractivity contribution in [3.63, 3.8) is 0 Å². The van der Waals surface area contributed by atoms with Gasteiger partial charge in [-0.3, -0.25) is 0 Å². The van der Waals surface area contributed by atoms with E-state index in [1.807, 2.05) is 12.1 Å². The highest BCUT2D eigenvalue weighted by molar-refractivity contribution is 5.90. The van der Waals surface area contributed by atoms with Gasteiger partial charge in [0, 0.05) is 29.9 Å². The third-order valence-electron chi connectivity index (χ3n) is 4.10. The van der Waals surface area contributed by atoms with Gasteiger partial charge >= 0.3 is 0 Å². The Kier molecular flexibility index (Phi) is 3.96. The molecule has 5 nitrogen and oxygen atoms in total. The van der Waals surface area contributed by atoms with Gasteiger partial charge < -0.3 is 15.0 Å². The predicted octanol–water partition coefficient (Wildman–Crippen LogP) is 3.35. The summed E-state index contributed by atoms with van der Waals surface area (Å²) in [4.78, 5) is 10.7. The zero-order valence-corrected chi connectivity index (χ0v) is 13.1. The van der Waals surface area contributed by atoms with Crippen LogP contribution in [0.2, 0.25) is 0 Å². The Morgan fingerprint density at radius 3 is 2.58 bits per heavy atom. The van der Waals surface area contributed by atoms with Crippen LogP contribution in [0.25, 0.3) is 10.9 Å². The number of anilines is 3. The Hall–Kier alpha value is -2.73. The molecule has 0 bridgehead atoms. The molecule has 0 amide bonds. The molecular formula is C18H17FN4O. The van der Waals surface area contributed by atoms with E-state index in [4.69, 9.17) is 4.74 Å². The average Bonchev–Trinajstić information content (AvgIpc) is 2.64. The van der Waals surface area contributed by atoms with Gasteiger partial charge in [0.15, 0.2) is 0 Å². The van der Waals surface area contributed by atoms with E-state index in [1.54, 1.807) is 6.07 Å². The summed E-state index contributed by atoms with van der Waals surface area (Å²) in [5.74, 6) is 0.293. The van der Waals surface area contributed by atoms with Crippen LogP contribution in [0.4, 0.5) is 21.6 Å². The average molecular weight is 324 g/mol. The smallest absolute Gasteiger partial charge is 0.141 e. The number of hydrogen-bond acceptors (Lipinski definition) is 5. The van der Waals surface area contributed by atoms with Crippen LogP contribution < -0.4 is 10.2 Å². The summed E-state index contributed by atoms with van der Waals surface area (Å²) in [5.41, 5.74) is 2.78. The molecule has 2 heterocycles. The number of hydrogen-bond donors (Lipinski definition) is 1. The van der Waals surface area contributed by atoms with E-state index >= 15 is 0 Å². The number of nitrogens with zero attached hydrogens (tertiary/aromatic N) is 3. The van der Waals surface area contributed by atoms with Crippen LogP contribution in [0.1, 0.15) is 0 Å². The lowest BCUT2D eigenvalue weighted by molar-refractivity contribution is 0.122. The van der Waals surface area contributed by atoms with Gasteiger partial charge in [0.05, 0.1) is 18.7 Å². The summed E-state index contributed by atoms with van der Waals surface area (Å²) >= 11 is 0. The van der Waals surface area contributed by atoms with Crippen molar-refractivity contribution in [3.05, 3.63) is 54.6 Å². The highest BCUT2D eigenvalue weighted by Crippen LogP contribution is 2.25. The van der Waals surface area contributed by atoms with E-state index < -0.39 is 0 Å². The Bertz CT molecular complexity index is 847. The standard InChI is InChI=1S/C18H17FN4O/c19-13-1-6-17-16(11-13)18(21-12-20-17)22-14-2-4-15(5-3-14)23-7-9-24-10-8-23/h1-6,11-12H,7-10H2,(H,20,21,22). The first-order valence-electron chi connectivity index (χ1n) is 7.90. The predicted molar refractivity (Wildman–Crippen MR) is 92.3 cm³/mol. The Morgan fingerprint density at radius 1 is 1.00 bits per heavy atom. The van der Waals surface area contributed by atoms with Crippen molar-refractivity contribution in [1.82, 2.24) is 9.97 Å². The fourth-order valence-electron chi connectivity index (χ4n) is 2.84. The molecule has 0 unspecified atom stereocenters. The number of morpholine rings is 1. The number of benzene rings is 2. The first-order chi connectivity index (χ1) is 11.8. The van der Waals surface area contributed by atoms with E-state index in [1.165, 1.54) is 24.1 Å². The fraction of sp³-hybridized carbons (Fsp3) is 0.222. The van der Waals surface area contributed by atoms with E-state index in [0.717, 1.165) is 32.0 Å². The second kappa shape index (κ2) is 6.41. The summed E-state index contributed by atoms with van der Waals surface area (Å²) < 4.78 is 18.9. The van der Waals surface area contributed by atoms with Crippen LogP contribution in [0.5, 0.6) is 0 Å². The summed E-state index contributed by atoms with van der Waals surface area (Å²) in [6.07, 6.45) is 1.48. The number of aromatic nitrogens is 2. The summed E-state index contributed by atoms with van der Waals surface area (Å²) in [7, 11) is 0. The van der Waals surface area contributed by atoms with Crippen molar-refractivity contribution in [3.8, 4) is 0 Å². The maximum atomic E-state index is 13.5. The number of rotatable bonds is 3. The monoisotopic (exact) mass is 324 g/mol. The maximum Gasteiger partial charge on any atom is 0.141 e. The minimum absolute atomic E-state index is 0.303. The summed E-state index contributed by atoms with van der Waals surface area (Å²) in [5, 5.41) is 3.91. The fourth-order valence-corrected chi connectivity index (χ4v) is 2.84. The molecule has 1 fully saturated rings. The molecule has 1 aliphatic heterocycles. The third-order valence-corrected chi connectivity index (χ3v) is 4.10. The number of ether oxygens (including phenoxy) is 1. The molecular weight excluding hydrogens is 307 g/mol.